The molecular weight excluding hydrogens is 266 g/mol. The SMILES string of the molecule is CC(=O)NCCNC(=O)Nc1ccc(C(=O)O)c(O)c1. The molecule has 8 heteroatoms. The minimum Gasteiger partial charge on any atom is -0.507 e. The molecule has 1 aromatic rings. The lowest BCUT2D eigenvalue weighted by Crippen LogP contribution is -2.36. The average Bonchev–Trinajstić information content (AvgIpc) is 2.34. The van der Waals surface area contributed by atoms with E-state index < -0.39 is 17.7 Å². The second kappa shape index (κ2) is 6.98. The smallest absolute Gasteiger partial charge is 0.339 e. The summed E-state index contributed by atoms with van der Waals surface area (Å²) in [5.74, 6) is -1.89. The Balaban J connectivity index is 2.48. The minimum absolute atomic E-state index is 0.193. The van der Waals surface area contributed by atoms with E-state index >= 15 is 0 Å². The van der Waals surface area contributed by atoms with Gasteiger partial charge in [0.15, 0.2) is 0 Å². The number of rotatable bonds is 5. The van der Waals surface area contributed by atoms with Crippen LogP contribution >= 0.6 is 0 Å². The molecule has 0 fully saturated rings. The number of urea groups is 1. The van der Waals surface area contributed by atoms with Crippen molar-refractivity contribution in [3.8, 4) is 5.75 Å². The van der Waals surface area contributed by atoms with E-state index in [9.17, 15) is 19.5 Å². The molecular formula is C12H15N3O5. The lowest BCUT2D eigenvalue weighted by atomic mass is 10.2. The fourth-order valence-electron chi connectivity index (χ4n) is 1.38. The van der Waals surface area contributed by atoms with Gasteiger partial charge in [-0.15, -0.1) is 0 Å². The summed E-state index contributed by atoms with van der Waals surface area (Å²) >= 11 is 0. The maximum Gasteiger partial charge on any atom is 0.339 e. The number of phenols is 1. The van der Waals surface area contributed by atoms with E-state index in [-0.39, 0.29) is 23.7 Å². The number of aromatic hydroxyl groups is 1. The zero-order chi connectivity index (χ0) is 15.1. The van der Waals surface area contributed by atoms with Crippen LogP contribution in [0.3, 0.4) is 0 Å². The Labute approximate surface area is 114 Å². The van der Waals surface area contributed by atoms with Crippen LogP contribution in [0.15, 0.2) is 18.2 Å². The first-order valence-electron chi connectivity index (χ1n) is 5.75. The molecule has 5 N–H and O–H groups in total. The summed E-state index contributed by atoms with van der Waals surface area (Å²) in [5, 5.41) is 25.6. The monoisotopic (exact) mass is 281 g/mol. The highest BCUT2D eigenvalue weighted by molar-refractivity contribution is 5.93. The quantitative estimate of drug-likeness (QED) is 0.497. The molecule has 0 saturated carbocycles. The Morgan fingerprint density at radius 3 is 2.35 bits per heavy atom. The molecule has 0 unspecified atom stereocenters. The fourth-order valence-corrected chi connectivity index (χ4v) is 1.38. The highest BCUT2D eigenvalue weighted by Crippen LogP contribution is 2.21. The zero-order valence-corrected chi connectivity index (χ0v) is 10.8. The molecule has 20 heavy (non-hydrogen) atoms. The first kappa shape index (κ1) is 15.3. The summed E-state index contributed by atoms with van der Waals surface area (Å²) in [6.45, 7) is 1.91. The molecule has 108 valence electrons. The van der Waals surface area contributed by atoms with Crippen molar-refractivity contribution in [3.63, 3.8) is 0 Å². The van der Waals surface area contributed by atoms with E-state index in [1.54, 1.807) is 0 Å². The minimum atomic E-state index is -1.26. The van der Waals surface area contributed by atoms with Crippen LogP contribution in [-0.2, 0) is 4.79 Å². The van der Waals surface area contributed by atoms with Crippen molar-refractivity contribution in [2.45, 2.75) is 6.92 Å². The van der Waals surface area contributed by atoms with E-state index in [1.807, 2.05) is 0 Å². The van der Waals surface area contributed by atoms with Gasteiger partial charge in [-0.05, 0) is 12.1 Å². The van der Waals surface area contributed by atoms with Crippen molar-refractivity contribution in [2.75, 3.05) is 18.4 Å². The number of hydrogen-bond acceptors (Lipinski definition) is 4. The number of carboxylic acid groups (broad SMARTS) is 1. The first-order chi connectivity index (χ1) is 9.40. The number of aromatic carboxylic acids is 1. The van der Waals surface area contributed by atoms with Gasteiger partial charge in [0, 0.05) is 31.8 Å². The Morgan fingerprint density at radius 2 is 1.80 bits per heavy atom. The van der Waals surface area contributed by atoms with Crippen LogP contribution in [0.4, 0.5) is 10.5 Å². The molecule has 0 heterocycles. The van der Waals surface area contributed by atoms with Crippen LogP contribution in [0, 0.1) is 0 Å². The normalized spacial score (nSPS) is 9.65. The van der Waals surface area contributed by atoms with Gasteiger partial charge < -0.3 is 26.2 Å². The second-order valence-electron chi connectivity index (χ2n) is 3.90. The van der Waals surface area contributed by atoms with Gasteiger partial charge >= 0.3 is 12.0 Å². The van der Waals surface area contributed by atoms with Crippen molar-refractivity contribution in [1.29, 1.82) is 0 Å². The molecule has 3 amide bonds. The standard InChI is InChI=1S/C12H15N3O5/c1-7(16)13-4-5-14-12(20)15-8-2-3-9(11(18)19)10(17)6-8/h2-3,6,17H,4-5H2,1H3,(H,13,16)(H,18,19)(H2,14,15,20). The maximum atomic E-state index is 11.5. The molecule has 0 aromatic heterocycles. The molecule has 0 aliphatic rings. The molecule has 8 nitrogen and oxygen atoms in total. The third kappa shape index (κ3) is 4.84. The van der Waals surface area contributed by atoms with Crippen LogP contribution in [0.5, 0.6) is 5.75 Å². The Morgan fingerprint density at radius 1 is 1.15 bits per heavy atom. The molecule has 0 atom stereocenters. The predicted molar refractivity (Wildman–Crippen MR) is 70.8 cm³/mol. The van der Waals surface area contributed by atoms with Gasteiger partial charge in [0.05, 0.1) is 0 Å². The van der Waals surface area contributed by atoms with Gasteiger partial charge in [-0.1, -0.05) is 0 Å². The van der Waals surface area contributed by atoms with Crippen LogP contribution in [0.2, 0.25) is 0 Å². The molecule has 0 saturated heterocycles. The molecule has 0 aliphatic carbocycles. The lowest BCUT2D eigenvalue weighted by molar-refractivity contribution is -0.118. The summed E-state index contributed by atoms with van der Waals surface area (Å²) in [4.78, 5) is 32.7. The van der Waals surface area contributed by atoms with E-state index in [0.717, 1.165) is 6.07 Å². The van der Waals surface area contributed by atoms with Crippen LogP contribution in [-0.4, -0.2) is 41.2 Å². The Bertz CT molecular complexity index is 530. The summed E-state index contributed by atoms with van der Waals surface area (Å²) in [6.07, 6.45) is 0. The van der Waals surface area contributed by atoms with E-state index in [1.165, 1.54) is 19.1 Å². The number of amides is 3. The highest BCUT2D eigenvalue weighted by atomic mass is 16.4. The van der Waals surface area contributed by atoms with Crippen LogP contribution < -0.4 is 16.0 Å². The van der Waals surface area contributed by atoms with E-state index in [0.29, 0.717) is 6.54 Å². The largest absolute Gasteiger partial charge is 0.507 e. The van der Waals surface area contributed by atoms with E-state index in [4.69, 9.17) is 5.11 Å². The van der Waals surface area contributed by atoms with Crippen LogP contribution in [0.25, 0.3) is 0 Å². The zero-order valence-electron chi connectivity index (χ0n) is 10.8. The van der Waals surface area contributed by atoms with Gasteiger partial charge in [-0.2, -0.15) is 0 Å². The predicted octanol–water partition coefficient (Wildman–Crippen LogP) is 0.348. The molecule has 1 rings (SSSR count). The number of carbonyl (C=O) groups is 3. The van der Waals surface area contributed by atoms with Crippen molar-refractivity contribution in [2.24, 2.45) is 0 Å². The van der Waals surface area contributed by atoms with Crippen molar-refractivity contribution in [1.82, 2.24) is 10.6 Å². The van der Waals surface area contributed by atoms with Crippen molar-refractivity contribution < 1.29 is 24.6 Å². The number of anilines is 1. The van der Waals surface area contributed by atoms with Crippen LogP contribution in [0.1, 0.15) is 17.3 Å². The number of carbonyl (C=O) groups excluding carboxylic acids is 2. The number of hydrogen-bond donors (Lipinski definition) is 5. The summed E-state index contributed by atoms with van der Waals surface area (Å²) < 4.78 is 0. The van der Waals surface area contributed by atoms with Gasteiger partial charge in [0.2, 0.25) is 5.91 Å². The average molecular weight is 281 g/mol. The third-order valence-electron chi connectivity index (χ3n) is 2.27. The number of benzene rings is 1. The third-order valence-corrected chi connectivity index (χ3v) is 2.27. The van der Waals surface area contributed by atoms with Gasteiger partial charge in [-0.25, -0.2) is 9.59 Å². The summed E-state index contributed by atoms with van der Waals surface area (Å²) in [7, 11) is 0. The lowest BCUT2D eigenvalue weighted by Gasteiger charge is -2.09. The van der Waals surface area contributed by atoms with Crippen molar-refractivity contribution >= 4 is 23.6 Å². The molecule has 1 aromatic carbocycles. The summed E-state index contributed by atoms with van der Waals surface area (Å²) in [6, 6.07) is 3.15. The molecule has 0 aliphatic heterocycles. The molecule has 0 bridgehead atoms. The maximum absolute atomic E-state index is 11.5. The molecule has 0 radical (unpaired) electrons. The van der Waals surface area contributed by atoms with Gasteiger partial charge in [-0.3, -0.25) is 4.79 Å². The highest BCUT2D eigenvalue weighted by Gasteiger charge is 2.10. The van der Waals surface area contributed by atoms with E-state index in [2.05, 4.69) is 16.0 Å². The Hall–Kier alpha value is -2.77. The topological polar surface area (TPSA) is 128 Å². The Kier molecular flexibility index (Phi) is 5.33. The fraction of sp³-hybridized carbons (Fsp3) is 0.250. The summed E-state index contributed by atoms with van der Waals surface area (Å²) in [5.41, 5.74) is 0.00569. The number of nitrogens with one attached hydrogen (secondary N) is 3. The first-order valence-corrected chi connectivity index (χ1v) is 5.75. The van der Waals surface area contributed by atoms with Gasteiger partial charge in [0.1, 0.15) is 11.3 Å². The second-order valence-corrected chi connectivity index (χ2v) is 3.90. The number of carboxylic acids is 1. The van der Waals surface area contributed by atoms with Crippen molar-refractivity contribution in [3.05, 3.63) is 23.8 Å². The van der Waals surface area contributed by atoms with Gasteiger partial charge in [0.25, 0.3) is 0 Å². The molecule has 0 spiro atoms.